The molecule has 0 saturated carbocycles. The third kappa shape index (κ3) is 1.03. The van der Waals surface area contributed by atoms with E-state index in [-0.39, 0.29) is 5.38 Å². The van der Waals surface area contributed by atoms with Crippen LogP contribution in [0.5, 0.6) is 0 Å². The number of halogens is 2. The van der Waals surface area contributed by atoms with Crippen LogP contribution < -0.4 is 5.73 Å². The smallest absolute Gasteiger partial charge is 0.0673 e. The van der Waals surface area contributed by atoms with Gasteiger partial charge in [-0.05, 0) is 6.42 Å². The van der Waals surface area contributed by atoms with Crippen molar-refractivity contribution in [1.82, 2.24) is 4.98 Å². The molecule has 0 radical (unpaired) electrons. The topological polar surface area (TPSA) is 41.8 Å². The molecule has 0 aliphatic heterocycles. The molecule has 2 rings (SSSR count). The maximum Gasteiger partial charge on any atom is 0.0673 e. The molecule has 3 N–H and O–H groups in total. The monoisotopic (exact) mass is 202 g/mol. The molecule has 1 unspecified atom stereocenters. The zero-order valence-electron chi connectivity index (χ0n) is 6.27. The van der Waals surface area contributed by atoms with E-state index in [1.807, 2.05) is 6.08 Å². The first-order valence-electron chi connectivity index (χ1n) is 3.67. The minimum atomic E-state index is -0.0500. The normalized spacial score (nSPS) is 21.8. The van der Waals surface area contributed by atoms with Gasteiger partial charge in [-0.25, -0.2) is 0 Å². The van der Waals surface area contributed by atoms with E-state index in [9.17, 15) is 0 Å². The fourth-order valence-corrected chi connectivity index (χ4v) is 2.06. The van der Waals surface area contributed by atoms with E-state index in [1.54, 1.807) is 6.20 Å². The summed E-state index contributed by atoms with van der Waals surface area (Å²) in [6, 6.07) is 0. The van der Waals surface area contributed by atoms with Gasteiger partial charge < -0.3 is 10.7 Å². The quantitative estimate of drug-likeness (QED) is 0.625. The first-order valence-corrected chi connectivity index (χ1v) is 4.48. The van der Waals surface area contributed by atoms with Crippen LogP contribution in [-0.4, -0.2) is 4.98 Å². The summed E-state index contributed by atoms with van der Waals surface area (Å²) in [7, 11) is 0. The van der Waals surface area contributed by atoms with Crippen molar-refractivity contribution in [2.75, 3.05) is 0 Å². The van der Waals surface area contributed by atoms with E-state index in [2.05, 4.69) is 4.98 Å². The van der Waals surface area contributed by atoms with E-state index in [0.717, 1.165) is 23.4 Å². The Kier molecular flexibility index (Phi) is 1.81. The Morgan fingerprint density at radius 2 is 2.33 bits per heavy atom. The first-order chi connectivity index (χ1) is 5.70. The number of nitrogens with one attached hydrogen (secondary N) is 1. The molecule has 4 heteroatoms. The second-order valence-electron chi connectivity index (χ2n) is 2.79. The molecule has 2 nitrogen and oxygen atoms in total. The molecule has 0 bridgehead atoms. The average Bonchev–Trinajstić information content (AvgIpc) is 2.42. The van der Waals surface area contributed by atoms with Crippen molar-refractivity contribution >= 4 is 28.9 Å². The summed E-state index contributed by atoms with van der Waals surface area (Å²) in [5.41, 5.74) is 8.26. The average molecular weight is 203 g/mol. The van der Waals surface area contributed by atoms with Gasteiger partial charge in [0.2, 0.25) is 0 Å². The first kappa shape index (κ1) is 8.02. The number of H-pyrrole nitrogens is 1. The van der Waals surface area contributed by atoms with Crippen molar-refractivity contribution in [3.05, 3.63) is 28.6 Å². The maximum absolute atomic E-state index is 6.05. The number of hydrogen-bond donors (Lipinski definition) is 2. The number of aromatic amines is 1. The molecule has 0 amide bonds. The van der Waals surface area contributed by atoms with Crippen LogP contribution in [0.2, 0.25) is 5.02 Å². The summed E-state index contributed by atoms with van der Waals surface area (Å²) in [6.07, 6.45) is 4.37. The van der Waals surface area contributed by atoms with Crippen LogP contribution in [0.3, 0.4) is 0 Å². The van der Waals surface area contributed by atoms with Gasteiger partial charge in [-0.1, -0.05) is 17.7 Å². The zero-order valence-corrected chi connectivity index (χ0v) is 7.78. The van der Waals surface area contributed by atoms with E-state index in [4.69, 9.17) is 28.9 Å². The Hall–Kier alpha value is -0.600. The summed E-state index contributed by atoms with van der Waals surface area (Å²) in [4.78, 5) is 3.00. The van der Waals surface area contributed by atoms with Crippen LogP contribution >= 0.6 is 23.2 Å². The van der Waals surface area contributed by atoms with Crippen molar-refractivity contribution in [1.29, 1.82) is 0 Å². The molecule has 0 saturated heterocycles. The highest BCUT2D eigenvalue weighted by Crippen LogP contribution is 2.38. The lowest BCUT2D eigenvalue weighted by Gasteiger charge is -2.15. The lowest BCUT2D eigenvalue weighted by Crippen LogP contribution is -2.06. The van der Waals surface area contributed by atoms with E-state index in [0.29, 0.717) is 5.02 Å². The molecule has 1 aromatic rings. The van der Waals surface area contributed by atoms with Gasteiger partial charge in [0, 0.05) is 11.8 Å². The van der Waals surface area contributed by atoms with Crippen molar-refractivity contribution in [2.24, 2.45) is 5.73 Å². The van der Waals surface area contributed by atoms with Gasteiger partial charge in [0.25, 0.3) is 0 Å². The Balaban J connectivity index is 2.61. The van der Waals surface area contributed by atoms with E-state index in [1.165, 1.54) is 0 Å². The molecule has 1 heterocycles. The number of rotatable bonds is 0. The Bertz CT molecular complexity index is 341. The van der Waals surface area contributed by atoms with Crippen molar-refractivity contribution in [2.45, 2.75) is 11.8 Å². The van der Waals surface area contributed by atoms with Gasteiger partial charge in [-0.15, -0.1) is 11.6 Å². The number of aromatic nitrogens is 1. The molecule has 64 valence electrons. The molecule has 1 aliphatic rings. The summed E-state index contributed by atoms with van der Waals surface area (Å²) in [6.45, 7) is 0. The van der Waals surface area contributed by atoms with Crippen LogP contribution in [0, 0.1) is 0 Å². The van der Waals surface area contributed by atoms with Crippen molar-refractivity contribution in [3.63, 3.8) is 0 Å². The number of alkyl halides is 1. The molecule has 0 fully saturated rings. The van der Waals surface area contributed by atoms with Gasteiger partial charge in [0.05, 0.1) is 21.8 Å². The van der Waals surface area contributed by atoms with Gasteiger partial charge in [0.1, 0.15) is 0 Å². The second kappa shape index (κ2) is 2.71. The van der Waals surface area contributed by atoms with E-state index < -0.39 is 0 Å². The number of nitrogens with two attached hydrogens (primary N) is 1. The standard InChI is InChI=1S/C8H8Cl2N2/c9-4-1-2-6(11)8-7(4)5(10)3-12-8/h2-4,12H,1,11H2. The lowest BCUT2D eigenvalue weighted by atomic mass is 10.0. The fourth-order valence-electron chi connectivity index (χ4n) is 1.41. The largest absolute Gasteiger partial charge is 0.397 e. The van der Waals surface area contributed by atoms with Crippen LogP contribution in [0.4, 0.5) is 0 Å². The maximum atomic E-state index is 6.05. The Morgan fingerprint density at radius 1 is 1.58 bits per heavy atom. The molecule has 12 heavy (non-hydrogen) atoms. The van der Waals surface area contributed by atoms with Crippen LogP contribution in [0.25, 0.3) is 5.70 Å². The van der Waals surface area contributed by atoms with Gasteiger partial charge in [-0.3, -0.25) is 0 Å². The zero-order chi connectivity index (χ0) is 8.72. The number of allylic oxidation sites excluding steroid dienone is 1. The summed E-state index contributed by atoms with van der Waals surface area (Å²) in [5.74, 6) is 0. The highest BCUT2D eigenvalue weighted by molar-refractivity contribution is 6.33. The Labute approximate surface area is 80.4 Å². The van der Waals surface area contributed by atoms with Gasteiger partial charge in [0.15, 0.2) is 0 Å². The lowest BCUT2D eigenvalue weighted by molar-refractivity contribution is 0.930. The predicted molar refractivity (Wildman–Crippen MR) is 51.2 cm³/mol. The minimum absolute atomic E-state index is 0.0500. The van der Waals surface area contributed by atoms with Crippen LogP contribution in [0.1, 0.15) is 23.1 Å². The predicted octanol–water partition coefficient (Wildman–Crippen LogP) is 2.65. The van der Waals surface area contributed by atoms with E-state index >= 15 is 0 Å². The number of hydrogen-bond acceptors (Lipinski definition) is 1. The molecule has 1 aliphatic carbocycles. The van der Waals surface area contributed by atoms with Crippen molar-refractivity contribution < 1.29 is 0 Å². The third-order valence-corrected chi connectivity index (χ3v) is 2.73. The molecule has 0 spiro atoms. The highest BCUT2D eigenvalue weighted by Gasteiger charge is 2.22. The summed E-state index contributed by atoms with van der Waals surface area (Å²) < 4.78 is 0. The molecular formula is C8H8Cl2N2. The minimum Gasteiger partial charge on any atom is -0.397 e. The second-order valence-corrected chi connectivity index (χ2v) is 3.72. The van der Waals surface area contributed by atoms with Crippen LogP contribution in [-0.2, 0) is 0 Å². The van der Waals surface area contributed by atoms with Gasteiger partial charge >= 0.3 is 0 Å². The third-order valence-electron chi connectivity index (χ3n) is 2.02. The Morgan fingerprint density at radius 3 is 3.00 bits per heavy atom. The molecule has 0 aromatic carbocycles. The molecule has 1 atom stereocenters. The molecular weight excluding hydrogens is 195 g/mol. The highest BCUT2D eigenvalue weighted by atomic mass is 35.5. The summed E-state index contributed by atoms with van der Waals surface area (Å²) in [5, 5.41) is 0.618. The summed E-state index contributed by atoms with van der Waals surface area (Å²) >= 11 is 12.0. The van der Waals surface area contributed by atoms with Crippen LogP contribution in [0.15, 0.2) is 12.3 Å². The molecule has 1 aromatic heterocycles. The van der Waals surface area contributed by atoms with Crippen molar-refractivity contribution in [3.8, 4) is 0 Å². The fraction of sp³-hybridized carbons (Fsp3) is 0.250. The SMILES string of the molecule is NC1=CCC(Cl)c2c(Cl)c[nH]c21. The number of fused-ring (bicyclic) bond motifs is 1. The van der Waals surface area contributed by atoms with Gasteiger partial charge in [-0.2, -0.15) is 0 Å².